The molecule has 0 spiro atoms. The summed E-state index contributed by atoms with van der Waals surface area (Å²) in [6.45, 7) is 2.55. The topological polar surface area (TPSA) is 39.2 Å². The van der Waals surface area contributed by atoms with E-state index >= 15 is 0 Å². The van der Waals surface area contributed by atoms with Crippen LogP contribution in [0.2, 0.25) is 0 Å². The van der Waals surface area contributed by atoms with Crippen molar-refractivity contribution in [3.8, 4) is 16.3 Å². The summed E-state index contributed by atoms with van der Waals surface area (Å²) >= 11 is 1.37. The first-order valence-electron chi connectivity index (χ1n) is 4.98. The molecule has 2 aromatic rings. The number of para-hydroxylation sites is 1. The van der Waals surface area contributed by atoms with Gasteiger partial charge in [-0.05, 0) is 19.1 Å². The van der Waals surface area contributed by atoms with E-state index in [1.165, 1.54) is 11.3 Å². The number of ether oxygens (including phenoxy) is 1. The summed E-state index contributed by atoms with van der Waals surface area (Å²) in [5.41, 5.74) is 0.933. The van der Waals surface area contributed by atoms with Gasteiger partial charge in [0.05, 0.1) is 17.0 Å². The fourth-order valence-electron chi connectivity index (χ4n) is 1.39. The van der Waals surface area contributed by atoms with Crippen LogP contribution in [0.25, 0.3) is 10.6 Å². The number of thiazole rings is 1. The van der Waals surface area contributed by atoms with Crippen LogP contribution in [0.4, 0.5) is 0 Å². The minimum absolute atomic E-state index is 0.614. The van der Waals surface area contributed by atoms with E-state index in [9.17, 15) is 4.79 Å². The first kappa shape index (κ1) is 10.8. The molecule has 0 aliphatic heterocycles. The average Bonchev–Trinajstić information content (AvgIpc) is 2.79. The molecule has 2 rings (SSSR count). The van der Waals surface area contributed by atoms with Crippen LogP contribution >= 0.6 is 11.3 Å². The maximum absolute atomic E-state index is 10.6. The molecule has 0 radical (unpaired) electrons. The lowest BCUT2D eigenvalue weighted by molar-refractivity contribution is 0.112. The Bertz CT molecular complexity index is 493. The maximum Gasteiger partial charge on any atom is 0.161 e. The average molecular weight is 233 g/mol. The smallest absolute Gasteiger partial charge is 0.161 e. The van der Waals surface area contributed by atoms with Gasteiger partial charge in [0.15, 0.2) is 6.29 Å². The lowest BCUT2D eigenvalue weighted by atomic mass is 10.2. The molecule has 0 atom stereocenters. The lowest BCUT2D eigenvalue weighted by Gasteiger charge is -2.06. The van der Waals surface area contributed by atoms with Gasteiger partial charge < -0.3 is 4.74 Å². The summed E-state index contributed by atoms with van der Waals surface area (Å²) in [5.74, 6) is 0.803. The number of benzene rings is 1. The van der Waals surface area contributed by atoms with Gasteiger partial charge in [-0.3, -0.25) is 4.79 Å². The zero-order valence-corrected chi connectivity index (χ0v) is 9.66. The zero-order valence-electron chi connectivity index (χ0n) is 8.84. The number of aromatic nitrogens is 1. The molecule has 4 heteroatoms. The van der Waals surface area contributed by atoms with Gasteiger partial charge >= 0.3 is 0 Å². The van der Waals surface area contributed by atoms with Crippen molar-refractivity contribution in [3.05, 3.63) is 35.3 Å². The SMILES string of the molecule is CCOc1ccccc1-c1ncc(C=O)s1. The summed E-state index contributed by atoms with van der Waals surface area (Å²) in [4.78, 5) is 15.4. The number of aldehydes is 1. The predicted molar refractivity (Wildman–Crippen MR) is 64.1 cm³/mol. The quantitative estimate of drug-likeness (QED) is 0.762. The fourth-order valence-corrected chi connectivity index (χ4v) is 2.15. The van der Waals surface area contributed by atoms with Crippen LogP contribution in [0, 0.1) is 0 Å². The van der Waals surface area contributed by atoms with E-state index in [-0.39, 0.29) is 0 Å². The number of carbonyl (C=O) groups excluding carboxylic acids is 1. The summed E-state index contributed by atoms with van der Waals surface area (Å²) in [6, 6.07) is 7.70. The van der Waals surface area contributed by atoms with Gasteiger partial charge in [0.2, 0.25) is 0 Å². The first-order chi connectivity index (χ1) is 7.85. The molecule has 1 aromatic carbocycles. The van der Waals surface area contributed by atoms with Gasteiger partial charge in [0.25, 0.3) is 0 Å². The number of hydrogen-bond acceptors (Lipinski definition) is 4. The molecule has 0 N–H and O–H groups in total. The van der Waals surface area contributed by atoms with E-state index in [4.69, 9.17) is 4.74 Å². The summed E-state index contributed by atoms with van der Waals surface area (Å²) in [7, 11) is 0. The van der Waals surface area contributed by atoms with Crippen LogP contribution in [0.15, 0.2) is 30.5 Å². The van der Waals surface area contributed by atoms with Gasteiger partial charge in [-0.2, -0.15) is 0 Å². The monoisotopic (exact) mass is 233 g/mol. The van der Waals surface area contributed by atoms with Crippen molar-refractivity contribution < 1.29 is 9.53 Å². The second-order valence-electron chi connectivity index (χ2n) is 3.11. The predicted octanol–water partition coefficient (Wildman–Crippen LogP) is 3.02. The molecule has 0 saturated carbocycles. The highest BCUT2D eigenvalue weighted by Gasteiger charge is 2.09. The molecule has 0 aliphatic carbocycles. The number of carbonyl (C=O) groups is 1. The number of nitrogens with zero attached hydrogens (tertiary/aromatic N) is 1. The van der Waals surface area contributed by atoms with Crippen molar-refractivity contribution in [2.45, 2.75) is 6.92 Å². The summed E-state index contributed by atoms with van der Waals surface area (Å²) < 4.78 is 5.51. The van der Waals surface area contributed by atoms with Gasteiger partial charge in [-0.1, -0.05) is 12.1 Å². The molecule has 1 heterocycles. The third-order valence-electron chi connectivity index (χ3n) is 2.06. The van der Waals surface area contributed by atoms with E-state index in [0.29, 0.717) is 11.5 Å². The Morgan fingerprint density at radius 3 is 2.94 bits per heavy atom. The molecule has 0 amide bonds. The van der Waals surface area contributed by atoms with E-state index in [1.807, 2.05) is 31.2 Å². The molecule has 3 nitrogen and oxygen atoms in total. The van der Waals surface area contributed by atoms with Crippen molar-refractivity contribution in [3.63, 3.8) is 0 Å². The Kier molecular flexibility index (Phi) is 3.31. The molecule has 1 aromatic heterocycles. The van der Waals surface area contributed by atoms with Gasteiger partial charge in [0, 0.05) is 6.20 Å². The normalized spacial score (nSPS) is 10.1. The van der Waals surface area contributed by atoms with Crippen LogP contribution in [0.1, 0.15) is 16.6 Å². The number of hydrogen-bond donors (Lipinski definition) is 0. The second-order valence-corrected chi connectivity index (χ2v) is 4.18. The molecule has 0 bridgehead atoms. The second kappa shape index (κ2) is 4.90. The van der Waals surface area contributed by atoms with Gasteiger partial charge in [-0.25, -0.2) is 4.98 Å². The molecule has 0 saturated heterocycles. The molecular weight excluding hydrogens is 222 g/mol. The Labute approximate surface area is 97.7 Å². The molecule has 0 fully saturated rings. The van der Waals surface area contributed by atoms with E-state index in [1.54, 1.807) is 6.20 Å². The van der Waals surface area contributed by atoms with Crippen LogP contribution in [-0.2, 0) is 0 Å². The van der Waals surface area contributed by atoms with Crippen molar-refractivity contribution in [2.24, 2.45) is 0 Å². The van der Waals surface area contributed by atoms with Crippen molar-refractivity contribution >= 4 is 17.6 Å². The summed E-state index contributed by atoms with van der Waals surface area (Å²) in [5, 5.41) is 0.811. The third-order valence-corrected chi connectivity index (χ3v) is 3.01. The van der Waals surface area contributed by atoms with E-state index in [2.05, 4.69) is 4.98 Å². The molecule has 16 heavy (non-hydrogen) atoms. The summed E-state index contributed by atoms with van der Waals surface area (Å²) in [6.07, 6.45) is 2.39. The van der Waals surface area contributed by atoms with Crippen molar-refractivity contribution in [1.29, 1.82) is 0 Å². The molecular formula is C12H11NO2S. The Morgan fingerprint density at radius 1 is 1.44 bits per heavy atom. The van der Waals surface area contributed by atoms with Crippen LogP contribution in [-0.4, -0.2) is 17.9 Å². The first-order valence-corrected chi connectivity index (χ1v) is 5.80. The van der Waals surface area contributed by atoms with E-state index in [0.717, 1.165) is 22.6 Å². The minimum Gasteiger partial charge on any atom is -0.493 e. The Hall–Kier alpha value is -1.68. The van der Waals surface area contributed by atoms with Crippen molar-refractivity contribution in [2.75, 3.05) is 6.61 Å². The van der Waals surface area contributed by atoms with Gasteiger partial charge in [0.1, 0.15) is 10.8 Å². The highest BCUT2D eigenvalue weighted by molar-refractivity contribution is 7.16. The zero-order chi connectivity index (χ0) is 11.4. The van der Waals surface area contributed by atoms with Crippen LogP contribution < -0.4 is 4.74 Å². The highest BCUT2D eigenvalue weighted by Crippen LogP contribution is 2.32. The molecule has 0 unspecified atom stereocenters. The van der Waals surface area contributed by atoms with Crippen LogP contribution in [0.3, 0.4) is 0 Å². The molecule has 82 valence electrons. The van der Waals surface area contributed by atoms with Crippen molar-refractivity contribution in [1.82, 2.24) is 4.98 Å². The Balaban J connectivity index is 2.42. The van der Waals surface area contributed by atoms with E-state index < -0.39 is 0 Å². The third kappa shape index (κ3) is 2.12. The molecule has 0 aliphatic rings. The minimum atomic E-state index is 0.614. The highest BCUT2D eigenvalue weighted by atomic mass is 32.1. The Morgan fingerprint density at radius 2 is 2.25 bits per heavy atom. The standard InChI is InChI=1S/C12H11NO2S/c1-2-15-11-6-4-3-5-10(11)12-13-7-9(8-14)16-12/h3-8H,2H2,1H3. The number of rotatable bonds is 4. The lowest BCUT2D eigenvalue weighted by Crippen LogP contribution is -1.93. The fraction of sp³-hybridized carbons (Fsp3) is 0.167. The van der Waals surface area contributed by atoms with Crippen LogP contribution in [0.5, 0.6) is 5.75 Å². The maximum atomic E-state index is 10.6. The van der Waals surface area contributed by atoms with Gasteiger partial charge in [-0.15, -0.1) is 11.3 Å². The largest absolute Gasteiger partial charge is 0.493 e.